The lowest BCUT2D eigenvalue weighted by Crippen LogP contribution is -2.36. The van der Waals surface area contributed by atoms with Crippen molar-refractivity contribution in [2.75, 3.05) is 11.4 Å². The average molecular weight is 466 g/mol. The summed E-state index contributed by atoms with van der Waals surface area (Å²) in [6, 6.07) is 23.2. The van der Waals surface area contributed by atoms with Gasteiger partial charge in [0.05, 0.1) is 11.7 Å². The van der Waals surface area contributed by atoms with Crippen LogP contribution in [0.25, 0.3) is 11.3 Å². The van der Waals surface area contributed by atoms with Crippen LogP contribution in [-0.4, -0.2) is 17.4 Å². The molecule has 0 aliphatic carbocycles. The second kappa shape index (κ2) is 9.94. The first-order chi connectivity index (χ1) is 15.5. The summed E-state index contributed by atoms with van der Waals surface area (Å²) in [6.07, 6.45) is 0. The van der Waals surface area contributed by atoms with Gasteiger partial charge < -0.3 is 10.2 Å². The lowest BCUT2D eigenvalue weighted by Gasteiger charge is -2.23. The standard InChI is InChI=1S/C25H21ClFN3OS/c1-17(18-5-3-2-4-6-18)28-24(31)15-30(22-13-9-20(26)10-14-22)25-29-23(16-32-25)19-7-11-21(27)12-8-19/h2-14,16-17H,15H2,1H3,(H,28,31). The molecule has 1 unspecified atom stereocenters. The number of nitrogens with zero attached hydrogens (tertiary/aromatic N) is 2. The van der Waals surface area contributed by atoms with Crippen molar-refractivity contribution in [2.24, 2.45) is 0 Å². The van der Waals surface area contributed by atoms with Gasteiger partial charge in [-0.3, -0.25) is 4.79 Å². The van der Waals surface area contributed by atoms with Gasteiger partial charge in [-0.2, -0.15) is 0 Å². The van der Waals surface area contributed by atoms with E-state index in [9.17, 15) is 9.18 Å². The lowest BCUT2D eigenvalue weighted by atomic mass is 10.1. The van der Waals surface area contributed by atoms with Gasteiger partial charge in [0.2, 0.25) is 5.91 Å². The Kier molecular flexibility index (Phi) is 6.83. The number of aromatic nitrogens is 1. The van der Waals surface area contributed by atoms with Crippen LogP contribution in [0.1, 0.15) is 18.5 Å². The van der Waals surface area contributed by atoms with Crippen molar-refractivity contribution in [1.82, 2.24) is 10.3 Å². The van der Waals surface area contributed by atoms with Crippen molar-refractivity contribution in [2.45, 2.75) is 13.0 Å². The number of hydrogen-bond donors (Lipinski definition) is 1. The third-order valence-electron chi connectivity index (χ3n) is 4.98. The maximum Gasteiger partial charge on any atom is 0.240 e. The number of carbonyl (C=O) groups excluding carboxylic acids is 1. The van der Waals surface area contributed by atoms with E-state index < -0.39 is 0 Å². The number of halogens is 2. The average Bonchev–Trinajstić information content (AvgIpc) is 3.29. The van der Waals surface area contributed by atoms with E-state index in [1.807, 2.05) is 59.7 Å². The second-order valence-corrected chi connectivity index (χ2v) is 8.56. The highest BCUT2D eigenvalue weighted by Crippen LogP contribution is 2.32. The number of hydrogen-bond acceptors (Lipinski definition) is 4. The monoisotopic (exact) mass is 465 g/mol. The van der Waals surface area contributed by atoms with Gasteiger partial charge in [0.15, 0.2) is 5.13 Å². The molecule has 1 atom stereocenters. The van der Waals surface area contributed by atoms with Crippen LogP contribution < -0.4 is 10.2 Å². The molecule has 1 aromatic heterocycles. The van der Waals surface area contributed by atoms with Crippen LogP contribution in [0.4, 0.5) is 15.2 Å². The lowest BCUT2D eigenvalue weighted by molar-refractivity contribution is -0.120. The van der Waals surface area contributed by atoms with Gasteiger partial charge in [0.1, 0.15) is 12.4 Å². The Labute approximate surface area is 195 Å². The third-order valence-corrected chi connectivity index (χ3v) is 6.10. The van der Waals surface area contributed by atoms with Crippen molar-refractivity contribution >= 4 is 39.7 Å². The number of rotatable bonds is 7. The molecule has 4 aromatic rings. The minimum absolute atomic E-state index is 0.0924. The van der Waals surface area contributed by atoms with E-state index in [4.69, 9.17) is 16.6 Å². The van der Waals surface area contributed by atoms with Crippen molar-refractivity contribution in [3.8, 4) is 11.3 Å². The predicted octanol–water partition coefficient (Wildman–Crippen LogP) is 6.62. The summed E-state index contributed by atoms with van der Waals surface area (Å²) in [5.41, 5.74) is 3.37. The van der Waals surface area contributed by atoms with Gasteiger partial charge in [0, 0.05) is 21.7 Å². The fraction of sp³-hybridized carbons (Fsp3) is 0.120. The van der Waals surface area contributed by atoms with Gasteiger partial charge >= 0.3 is 0 Å². The van der Waals surface area contributed by atoms with Crippen LogP contribution in [0.5, 0.6) is 0 Å². The van der Waals surface area contributed by atoms with Gasteiger partial charge in [-0.15, -0.1) is 11.3 Å². The van der Waals surface area contributed by atoms with E-state index in [0.717, 1.165) is 22.5 Å². The van der Waals surface area contributed by atoms with E-state index >= 15 is 0 Å². The first-order valence-electron chi connectivity index (χ1n) is 10.1. The van der Waals surface area contributed by atoms with E-state index in [-0.39, 0.29) is 24.3 Å². The Hall–Kier alpha value is -3.22. The first kappa shape index (κ1) is 22.0. The SMILES string of the molecule is CC(NC(=O)CN(c1ccc(Cl)cc1)c1nc(-c2ccc(F)cc2)cs1)c1ccccc1. The number of benzene rings is 3. The first-order valence-corrected chi connectivity index (χ1v) is 11.3. The molecule has 0 radical (unpaired) electrons. The number of amides is 1. The van der Waals surface area contributed by atoms with E-state index in [1.54, 1.807) is 24.3 Å². The summed E-state index contributed by atoms with van der Waals surface area (Å²) < 4.78 is 13.3. The highest BCUT2D eigenvalue weighted by Gasteiger charge is 2.19. The molecule has 1 N–H and O–H groups in total. The Morgan fingerprint density at radius 1 is 1.06 bits per heavy atom. The molecular weight excluding hydrogens is 445 g/mol. The molecule has 1 heterocycles. The Morgan fingerprint density at radius 2 is 1.75 bits per heavy atom. The van der Waals surface area contributed by atoms with E-state index in [1.165, 1.54) is 23.5 Å². The Bertz CT molecular complexity index is 1180. The van der Waals surface area contributed by atoms with Crippen LogP contribution in [-0.2, 0) is 4.79 Å². The quantitative estimate of drug-likeness (QED) is 0.333. The van der Waals surface area contributed by atoms with Crippen LogP contribution in [0, 0.1) is 5.82 Å². The molecular formula is C25H21ClFN3OS. The molecule has 0 fully saturated rings. The Morgan fingerprint density at radius 3 is 2.44 bits per heavy atom. The van der Waals surface area contributed by atoms with Gasteiger partial charge in [-0.1, -0.05) is 41.9 Å². The highest BCUT2D eigenvalue weighted by molar-refractivity contribution is 7.14. The van der Waals surface area contributed by atoms with Crippen molar-refractivity contribution < 1.29 is 9.18 Å². The van der Waals surface area contributed by atoms with Crippen LogP contribution >= 0.6 is 22.9 Å². The van der Waals surface area contributed by atoms with Gasteiger partial charge in [-0.05, 0) is 61.0 Å². The van der Waals surface area contributed by atoms with Crippen LogP contribution in [0.15, 0.2) is 84.2 Å². The summed E-state index contributed by atoms with van der Waals surface area (Å²) in [7, 11) is 0. The zero-order valence-corrected chi connectivity index (χ0v) is 18.9. The number of thiazole rings is 1. The summed E-state index contributed by atoms with van der Waals surface area (Å²) in [5.74, 6) is -0.425. The van der Waals surface area contributed by atoms with Crippen LogP contribution in [0.3, 0.4) is 0 Å². The Balaban J connectivity index is 1.57. The molecule has 0 saturated carbocycles. The molecule has 0 bridgehead atoms. The minimum Gasteiger partial charge on any atom is -0.348 e. The van der Waals surface area contributed by atoms with E-state index in [2.05, 4.69) is 5.32 Å². The maximum absolute atomic E-state index is 13.3. The molecule has 162 valence electrons. The van der Waals surface area contributed by atoms with E-state index in [0.29, 0.717) is 10.2 Å². The number of nitrogens with one attached hydrogen (secondary N) is 1. The number of anilines is 2. The summed E-state index contributed by atoms with van der Waals surface area (Å²) >= 11 is 7.48. The topological polar surface area (TPSA) is 45.2 Å². The molecule has 0 spiro atoms. The third kappa shape index (κ3) is 5.33. The minimum atomic E-state index is -0.295. The zero-order valence-electron chi connectivity index (χ0n) is 17.3. The summed E-state index contributed by atoms with van der Waals surface area (Å²) in [4.78, 5) is 19.5. The molecule has 0 aliphatic rings. The fourth-order valence-corrected chi connectivity index (χ4v) is 4.27. The molecule has 4 rings (SSSR count). The smallest absolute Gasteiger partial charge is 0.240 e. The summed E-state index contributed by atoms with van der Waals surface area (Å²) in [5, 5.41) is 6.22. The molecule has 7 heteroatoms. The number of carbonyl (C=O) groups is 1. The molecule has 0 aliphatic heterocycles. The molecule has 1 amide bonds. The highest BCUT2D eigenvalue weighted by atomic mass is 35.5. The maximum atomic E-state index is 13.3. The molecule has 32 heavy (non-hydrogen) atoms. The zero-order chi connectivity index (χ0) is 22.5. The van der Waals surface area contributed by atoms with Crippen molar-refractivity contribution in [3.63, 3.8) is 0 Å². The second-order valence-electron chi connectivity index (χ2n) is 7.28. The predicted molar refractivity (Wildman–Crippen MR) is 129 cm³/mol. The van der Waals surface area contributed by atoms with Gasteiger partial charge in [-0.25, -0.2) is 9.37 Å². The van der Waals surface area contributed by atoms with Gasteiger partial charge in [0.25, 0.3) is 0 Å². The molecule has 3 aromatic carbocycles. The largest absolute Gasteiger partial charge is 0.348 e. The van der Waals surface area contributed by atoms with Crippen molar-refractivity contribution in [1.29, 1.82) is 0 Å². The normalized spacial score (nSPS) is 11.7. The van der Waals surface area contributed by atoms with Crippen molar-refractivity contribution in [3.05, 3.63) is 101 Å². The fourth-order valence-electron chi connectivity index (χ4n) is 3.29. The summed E-state index contributed by atoms with van der Waals surface area (Å²) in [6.45, 7) is 2.05. The molecule has 0 saturated heterocycles. The molecule has 4 nitrogen and oxygen atoms in total. The van der Waals surface area contributed by atoms with Crippen LogP contribution in [0.2, 0.25) is 5.02 Å².